The first-order valence-electron chi connectivity index (χ1n) is 6.48. The second-order valence-corrected chi connectivity index (χ2v) is 5.61. The van der Waals surface area contributed by atoms with Gasteiger partial charge >= 0.3 is 0 Å². The van der Waals surface area contributed by atoms with E-state index in [1.165, 1.54) is 22.3 Å². The summed E-state index contributed by atoms with van der Waals surface area (Å²) in [6.07, 6.45) is 7.64. The van der Waals surface area contributed by atoms with Crippen LogP contribution in [-0.4, -0.2) is 7.11 Å². The molecule has 1 aromatic rings. The maximum Gasteiger partial charge on any atom is 0.125 e. The van der Waals surface area contributed by atoms with E-state index >= 15 is 0 Å². The van der Waals surface area contributed by atoms with Gasteiger partial charge in [-0.15, -0.1) is 0 Å². The Morgan fingerprint density at radius 1 is 1.17 bits per heavy atom. The molecule has 18 heavy (non-hydrogen) atoms. The van der Waals surface area contributed by atoms with Crippen LogP contribution >= 0.6 is 0 Å². The van der Waals surface area contributed by atoms with E-state index in [1.54, 1.807) is 7.11 Å². The van der Waals surface area contributed by atoms with Crippen LogP contribution in [0.1, 0.15) is 37.0 Å². The number of hydrogen-bond acceptors (Lipinski definition) is 1. The first kappa shape index (κ1) is 12.9. The van der Waals surface area contributed by atoms with Gasteiger partial charge < -0.3 is 4.74 Å². The Balaban J connectivity index is 2.56. The molecule has 1 aromatic carbocycles. The number of allylic oxidation sites excluding steroid dienone is 4. The Labute approximate surface area is 110 Å². The van der Waals surface area contributed by atoms with Crippen molar-refractivity contribution in [3.63, 3.8) is 0 Å². The molecule has 1 heteroatoms. The van der Waals surface area contributed by atoms with E-state index < -0.39 is 0 Å². The van der Waals surface area contributed by atoms with Gasteiger partial charge in [-0.2, -0.15) is 0 Å². The molecular formula is C17H22O. The van der Waals surface area contributed by atoms with Crippen molar-refractivity contribution >= 4 is 0 Å². The largest absolute Gasteiger partial charge is 0.496 e. The molecule has 0 amide bonds. The average Bonchev–Trinajstić information content (AvgIpc) is 2.82. The quantitative estimate of drug-likeness (QED) is 0.759. The number of ether oxygens (including phenoxy) is 1. The Morgan fingerprint density at radius 3 is 2.44 bits per heavy atom. The molecule has 0 unspecified atom stereocenters. The van der Waals surface area contributed by atoms with Gasteiger partial charge in [-0.05, 0) is 25.8 Å². The average molecular weight is 242 g/mol. The second kappa shape index (κ2) is 4.64. The fourth-order valence-corrected chi connectivity index (χ4v) is 2.77. The monoisotopic (exact) mass is 242 g/mol. The maximum atomic E-state index is 5.63. The van der Waals surface area contributed by atoms with Crippen LogP contribution in [0.3, 0.4) is 0 Å². The highest BCUT2D eigenvalue weighted by Crippen LogP contribution is 2.41. The smallest absolute Gasteiger partial charge is 0.125 e. The molecule has 0 N–H and O–H groups in total. The van der Waals surface area contributed by atoms with Crippen LogP contribution in [0, 0.1) is 13.8 Å². The van der Waals surface area contributed by atoms with Crippen LogP contribution in [0.25, 0.3) is 0 Å². The van der Waals surface area contributed by atoms with Crippen LogP contribution < -0.4 is 4.74 Å². The molecule has 0 saturated carbocycles. The number of hydrogen-bond donors (Lipinski definition) is 0. The first-order valence-corrected chi connectivity index (χ1v) is 6.48. The molecule has 0 aliphatic heterocycles. The Bertz CT molecular complexity index is 519. The molecule has 0 aromatic heterocycles. The highest BCUT2D eigenvalue weighted by atomic mass is 16.5. The number of rotatable bonds is 3. The van der Waals surface area contributed by atoms with Gasteiger partial charge in [0.2, 0.25) is 0 Å². The minimum atomic E-state index is 0.0195. The SMILES string of the molecule is COc1c(C)cc(C)cc1C(C)(C)C1=CC=CC1. The van der Waals surface area contributed by atoms with Crippen molar-refractivity contribution in [1.29, 1.82) is 0 Å². The van der Waals surface area contributed by atoms with Gasteiger partial charge in [-0.1, -0.05) is 55.3 Å². The lowest BCUT2D eigenvalue weighted by Crippen LogP contribution is -2.21. The molecule has 0 saturated heterocycles. The van der Waals surface area contributed by atoms with Crippen molar-refractivity contribution < 1.29 is 4.74 Å². The topological polar surface area (TPSA) is 9.23 Å². The molecule has 0 radical (unpaired) electrons. The normalized spacial score (nSPS) is 14.8. The number of methoxy groups -OCH3 is 1. The molecule has 1 aliphatic rings. The van der Waals surface area contributed by atoms with Gasteiger partial charge in [0.15, 0.2) is 0 Å². The minimum Gasteiger partial charge on any atom is -0.496 e. The van der Waals surface area contributed by atoms with E-state index in [-0.39, 0.29) is 5.41 Å². The van der Waals surface area contributed by atoms with E-state index in [0.29, 0.717) is 0 Å². The first-order chi connectivity index (χ1) is 8.46. The summed E-state index contributed by atoms with van der Waals surface area (Å²) in [4.78, 5) is 0. The highest BCUT2D eigenvalue weighted by molar-refractivity contribution is 5.52. The molecule has 0 fully saturated rings. The highest BCUT2D eigenvalue weighted by Gasteiger charge is 2.29. The zero-order chi connectivity index (χ0) is 13.3. The van der Waals surface area contributed by atoms with Crippen molar-refractivity contribution in [2.75, 3.05) is 7.11 Å². The third-order valence-electron chi connectivity index (χ3n) is 3.87. The van der Waals surface area contributed by atoms with Crippen molar-refractivity contribution in [3.05, 3.63) is 52.6 Å². The van der Waals surface area contributed by atoms with Gasteiger partial charge in [0.25, 0.3) is 0 Å². The maximum absolute atomic E-state index is 5.63. The molecule has 1 nitrogen and oxygen atoms in total. The summed E-state index contributed by atoms with van der Waals surface area (Å²) in [5, 5.41) is 0. The lowest BCUT2D eigenvalue weighted by molar-refractivity contribution is 0.396. The summed E-state index contributed by atoms with van der Waals surface area (Å²) < 4.78 is 5.63. The Kier molecular flexibility index (Phi) is 3.34. The molecule has 0 atom stereocenters. The molecule has 1 aliphatic carbocycles. The zero-order valence-electron chi connectivity index (χ0n) is 12.0. The predicted molar refractivity (Wildman–Crippen MR) is 77.3 cm³/mol. The standard InChI is InChI=1S/C17H22O/c1-12-10-13(2)16(18-5)15(11-12)17(3,4)14-8-6-7-9-14/h6-8,10-11H,9H2,1-5H3. The van der Waals surface area contributed by atoms with Gasteiger partial charge in [0.1, 0.15) is 5.75 Å². The molecule has 96 valence electrons. The van der Waals surface area contributed by atoms with Crippen molar-refractivity contribution in [2.45, 2.75) is 39.5 Å². The third kappa shape index (κ3) is 2.10. The lowest BCUT2D eigenvalue weighted by atomic mass is 9.75. The zero-order valence-corrected chi connectivity index (χ0v) is 12.0. The van der Waals surface area contributed by atoms with E-state index in [2.05, 4.69) is 58.1 Å². The lowest BCUT2D eigenvalue weighted by Gasteiger charge is -2.30. The molecular weight excluding hydrogens is 220 g/mol. The third-order valence-corrected chi connectivity index (χ3v) is 3.87. The second-order valence-electron chi connectivity index (χ2n) is 5.61. The Hall–Kier alpha value is -1.50. The fraction of sp³-hybridized carbons (Fsp3) is 0.412. The van der Waals surface area contributed by atoms with Crippen LogP contribution in [-0.2, 0) is 5.41 Å². The van der Waals surface area contributed by atoms with Gasteiger partial charge in [-0.3, -0.25) is 0 Å². The molecule has 2 rings (SSSR count). The van der Waals surface area contributed by atoms with Crippen LogP contribution in [0.2, 0.25) is 0 Å². The summed E-state index contributed by atoms with van der Waals surface area (Å²) in [5.41, 5.74) is 5.27. The minimum absolute atomic E-state index is 0.0195. The van der Waals surface area contributed by atoms with E-state index in [0.717, 1.165) is 12.2 Å². The number of benzene rings is 1. The van der Waals surface area contributed by atoms with Crippen LogP contribution in [0.5, 0.6) is 5.75 Å². The van der Waals surface area contributed by atoms with Crippen LogP contribution in [0.15, 0.2) is 35.9 Å². The summed E-state index contributed by atoms with van der Waals surface area (Å²) in [6.45, 7) is 8.82. The predicted octanol–water partition coefficient (Wildman–Crippen LogP) is 4.48. The number of aryl methyl sites for hydroxylation is 2. The summed E-state index contributed by atoms with van der Waals surface area (Å²) in [6, 6.07) is 4.44. The van der Waals surface area contributed by atoms with Crippen LogP contribution in [0.4, 0.5) is 0 Å². The summed E-state index contributed by atoms with van der Waals surface area (Å²) in [5.74, 6) is 1.03. The van der Waals surface area contributed by atoms with Crippen molar-refractivity contribution in [1.82, 2.24) is 0 Å². The van der Waals surface area contributed by atoms with Gasteiger partial charge in [0, 0.05) is 11.0 Å². The molecule has 0 heterocycles. The molecule has 0 spiro atoms. The summed E-state index contributed by atoms with van der Waals surface area (Å²) >= 11 is 0. The Morgan fingerprint density at radius 2 is 1.89 bits per heavy atom. The van der Waals surface area contributed by atoms with E-state index in [4.69, 9.17) is 4.74 Å². The van der Waals surface area contributed by atoms with Gasteiger partial charge in [0.05, 0.1) is 7.11 Å². The molecule has 0 bridgehead atoms. The van der Waals surface area contributed by atoms with E-state index in [9.17, 15) is 0 Å². The van der Waals surface area contributed by atoms with Gasteiger partial charge in [-0.25, -0.2) is 0 Å². The van der Waals surface area contributed by atoms with Crippen molar-refractivity contribution in [2.24, 2.45) is 0 Å². The summed E-state index contributed by atoms with van der Waals surface area (Å²) in [7, 11) is 1.76. The van der Waals surface area contributed by atoms with E-state index in [1.807, 2.05) is 0 Å². The van der Waals surface area contributed by atoms with Crippen molar-refractivity contribution in [3.8, 4) is 5.75 Å². The fourth-order valence-electron chi connectivity index (χ4n) is 2.77.